The molecule has 2 rings (SSSR count). The maximum Gasteiger partial charge on any atom is 0.166 e. The molecule has 0 amide bonds. The van der Waals surface area contributed by atoms with E-state index in [4.69, 9.17) is 14.2 Å². The van der Waals surface area contributed by atoms with Gasteiger partial charge in [0.1, 0.15) is 5.75 Å². The third-order valence-corrected chi connectivity index (χ3v) is 4.65. The summed E-state index contributed by atoms with van der Waals surface area (Å²) in [5, 5.41) is 0. The highest BCUT2D eigenvalue weighted by Gasteiger charge is 2.38. The summed E-state index contributed by atoms with van der Waals surface area (Å²) in [5.41, 5.74) is 1.29. The van der Waals surface area contributed by atoms with E-state index in [2.05, 4.69) is 32.9 Å². The molecule has 0 saturated carbocycles. The molecular weight excluding hydrogens is 276 g/mol. The molecule has 1 saturated heterocycles. The standard InChI is InChI=1S/C19H30O3/c1-5-7-18-16(6-2)14-21-19(3,22-18)13-12-15-8-10-17(20-4)11-9-15/h8-11,16,18H,5-7,12-14H2,1-4H3/t16-,18-,19+/m0/s1. The average Bonchev–Trinajstić information content (AvgIpc) is 2.54. The second-order valence-corrected chi connectivity index (χ2v) is 6.41. The number of benzene rings is 1. The van der Waals surface area contributed by atoms with Gasteiger partial charge < -0.3 is 14.2 Å². The summed E-state index contributed by atoms with van der Waals surface area (Å²) in [6.07, 6.45) is 5.59. The number of aryl methyl sites for hydroxylation is 1. The maximum atomic E-state index is 6.34. The van der Waals surface area contributed by atoms with Crippen LogP contribution in [0.4, 0.5) is 0 Å². The van der Waals surface area contributed by atoms with Crippen LogP contribution < -0.4 is 4.74 Å². The van der Waals surface area contributed by atoms with E-state index >= 15 is 0 Å². The highest BCUT2D eigenvalue weighted by molar-refractivity contribution is 5.27. The topological polar surface area (TPSA) is 27.7 Å². The van der Waals surface area contributed by atoms with Crippen LogP contribution in [0.25, 0.3) is 0 Å². The molecule has 0 N–H and O–H groups in total. The van der Waals surface area contributed by atoms with E-state index in [-0.39, 0.29) is 0 Å². The Hall–Kier alpha value is -1.06. The molecule has 1 aromatic carbocycles. The van der Waals surface area contributed by atoms with Crippen LogP contribution in [0.3, 0.4) is 0 Å². The molecule has 3 nitrogen and oxygen atoms in total. The lowest BCUT2D eigenvalue weighted by molar-refractivity contribution is -0.306. The lowest BCUT2D eigenvalue weighted by atomic mass is 9.94. The molecule has 1 aromatic rings. The largest absolute Gasteiger partial charge is 0.497 e. The Morgan fingerprint density at radius 1 is 1.23 bits per heavy atom. The fourth-order valence-corrected chi connectivity index (χ4v) is 3.10. The second kappa shape index (κ2) is 7.98. The van der Waals surface area contributed by atoms with Gasteiger partial charge in [-0.2, -0.15) is 0 Å². The zero-order valence-electron chi connectivity index (χ0n) is 14.4. The summed E-state index contributed by atoms with van der Waals surface area (Å²) < 4.78 is 17.6. The van der Waals surface area contributed by atoms with Crippen LogP contribution in [-0.4, -0.2) is 25.6 Å². The minimum atomic E-state index is -0.453. The average molecular weight is 306 g/mol. The first-order valence-corrected chi connectivity index (χ1v) is 8.55. The van der Waals surface area contributed by atoms with Crippen molar-refractivity contribution in [2.24, 2.45) is 5.92 Å². The molecular formula is C19H30O3. The minimum Gasteiger partial charge on any atom is -0.497 e. The third kappa shape index (κ3) is 4.47. The van der Waals surface area contributed by atoms with Gasteiger partial charge in [-0.25, -0.2) is 0 Å². The van der Waals surface area contributed by atoms with Crippen LogP contribution in [0.1, 0.15) is 52.0 Å². The fraction of sp³-hybridized carbons (Fsp3) is 0.684. The molecule has 124 valence electrons. The van der Waals surface area contributed by atoms with Crippen molar-refractivity contribution in [1.29, 1.82) is 0 Å². The van der Waals surface area contributed by atoms with Crippen LogP contribution in [0, 0.1) is 5.92 Å². The second-order valence-electron chi connectivity index (χ2n) is 6.41. The van der Waals surface area contributed by atoms with E-state index in [1.807, 2.05) is 12.1 Å². The fourth-order valence-electron chi connectivity index (χ4n) is 3.10. The van der Waals surface area contributed by atoms with Crippen molar-refractivity contribution in [1.82, 2.24) is 0 Å². The van der Waals surface area contributed by atoms with E-state index in [9.17, 15) is 0 Å². The molecule has 0 aliphatic carbocycles. The molecule has 1 aliphatic heterocycles. The molecule has 3 heteroatoms. The van der Waals surface area contributed by atoms with E-state index in [0.717, 1.165) is 44.5 Å². The van der Waals surface area contributed by atoms with Gasteiger partial charge in [-0.05, 0) is 43.9 Å². The molecule has 0 aromatic heterocycles. The number of hydrogen-bond acceptors (Lipinski definition) is 3. The predicted molar refractivity (Wildman–Crippen MR) is 89.2 cm³/mol. The lowest BCUT2D eigenvalue weighted by Crippen LogP contribution is -2.47. The Bertz CT molecular complexity index is 442. The molecule has 22 heavy (non-hydrogen) atoms. The zero-order valence-corrected chi connectivity index (χ0v) is 14.4. The van der Waals surface area contributed by atoms with Crippen LogP contribution in [-0.2, 0) is 15.9 Å². The van der Waals surface area contributed by atoms with Gasteiger partial charge in [-0.15, -0.1) is 0 Å². The van der Waals surface area contributed by atoms with E-state index < -0.39 is 5.79 Å². The Kier molecular flexibility index (Phi) is 6.27. The summed E-state index contributed by atoms with van der Waals surface area (Å²) in [7, 11) is 1.69. The molecule has 0 bridgehead atoms. The van der Waals surface area contributed by atoms with Crippen molar-refractivity contribution >= 4 is 0 Å². The minimum absolute atomic E-state index is 0.338. The highest BCUT2D eigenvalue weighted by atomic mass is 16.7. The van der Waals surface area contributed by atoms with Gasteiger partial charge in [0.25, 0.3) is 0 Å². The first-order chi connectivity index (χ1) is 10.6. The number of rotatable bonds is 7. The SMILES string of the molecule is CCC[C@@H]1O[C@](C)(CCc2ccc(OC)cc2)OC[C@@H]1CC. The van der Waals surface area contributed by atoms with E-state index in [0.29, 0.717) is 12.0 Å². The maximum absolute atomic E-state index is 6.34. The molecule has 1 aliphatic rings. The van der Waals surface area contributed by atoms with Crippen LogP contribution in [0.2, 0.25) is 0 Å². The van der Waals surface area contributed by atoms with Crippen molar-refractivity contribution in [3.05, 3.63) is 29.8 Å². The summed E-state index contributed by atoms with van der Waals surface area (Å²) >= 11 is 0. The van der Waals surface area contributed by atoms with Crippen LogP contribution >= 0.6 is 0 Å². The van der Waals surface area contributed by atoms with Crippen molar-refractivity contribution in [2.45, 2.75) is 64.8 Å². The third-order valence-electron chi connectivity index (χ3n) is 4.65. The molecule has 0 radical (unpaired) electrons. The first-order valence-electron chi connectivity index (χ1n) is 8.55. The van der Waals surface area contributed by atoms with Crippen molar-refractivity contribution < 1.29 is 14.2 Å². The van der Waals surface area contributed by atoms with Crippen LogP contribution in [0.15, 0.2) is 24.3 Å². The molecule has 0 unspecified atom stereocenters. The van der Waals surface area contributed by atoms with Crippen molar-refractivity contribution in [3.8, 4) is 5.75 Å². The smallest absolute Gasteiger partial charge is 0.166 e. The summed E-state index contributed by atoms with van der Waals surface area (Å²) in [6, 6.07) is 8.24. The van der Waals surface area contributed by atoms with Gasteiger partial charge in [-0.1, -0.05) is 32.4 Å². The summed E-state index contributed by atoms with van der Waals surface area (Å²) in [5.74, 6) is 0.980. The van der Waals surface area contributed by atoms with E-state index in [1.165, 1.54) is 5.56 Å². The summed E-state index contributed by atoms with van der Waals surface area (Å²) in [6.45, 7) is 7.35. The molecule has 1 heterocycles. The van der Waals surface area contributed by atoms with Gasteiger partial charge in [0.15, 0.2) is 5.79 Å². The Balaban J connectivity index is 1.92. The van der Waals surface area contributed by atoms with Gasteiger partial charge in [0.2, 0.25) is 0 Å². The quantitative estimate of drug-likeness (QED) is 0.737. The van der Waals surface area contributed by atoms with Crippen molar-refractivity contribution in [3.63, 3.8) is 0 Å². The Morgan fingerprint density at radius 3 is 2.55 bits per heavy atom. The summed E-state index contributed by atoms with van der Waals surface area (Å²) in [4.78, 5) is 0. The number of hydrogen-bond donors (Lipinski definition) is 0. The zero-order chi connectivity index (χ0) is 16.0. The van der Waals surface area contributed by atoms with Crippen LogP contribution in [0.5, 0.6) is 5.75 Å². The molecule has 1 fully saturated rings. The van der Waals surface area contributed by atoms with Gasteiger partial charge in [0, 0.05) is 12.3 Å². The monoisotopic (exact) mass is 306 g/mol. The molecule has 0 spiro atoms. The first kappa shape index (κ1) is 17.3. The predicted octanol–water partition coefficient (Wildman–Crippen LogP) is 4.59. The van der Waals surface area contributed by atoms with Gasteiger partial charge in [-0.3, -0.25) is 0 Å². The molecule has 3 atom stereocenters. The van der Waals surface area contributed by atoms with Gasteiger partial charge in [0.05, 0.1) is 19.8 Å². The highest BCUT2D eigenvalue weighted by Crippen LogP contribution is 2.33. The number of methoxy groups -OCH3 is 1. The lowest BCUT2D eigenvalue weighted by Gasteiger charge is -2.43. The van der Waals surface area contributed by atoms with E-state index in [1.54, 1.807) is 7.11 Å². The Labute approximate surface area is 135 Å². The van der Waals surface area contributed by atoms with Gasteiger partial charge >= 0.3 is 0 Å². The van der Waals surface area contributed by atoms with Crippen molar-refractivity contribution in [2.75, 3.05) is 13.7 Å². The Morgan fingerprint density at radius 2 is 1.95 bits per heavy atom. The number of ether oxygens (including phenoxy) is 3. The normalized spacial score (nSPS) is 28.5.